The van der Waals surface area contributed by atoms with E-state index in [0.29, 0.717) is 23.5 Å². The summed E-state index contributed by atoms with van der Waals surface area (Å²) in [6.07, 6.45) is 0.428. The van der Waals surface area contributed by atoms with Gasteiger partial charge in [-0.05, 0) is 72.7 Å². The molecule has 0 aliphatic heterocycles. The van der Waals surface area contributed by atoms with Gasteiger partial charge in [0.25, 0.3) is 0 Å². The Hall–Kier alpha value is -3.92. The van der Waals surface area contributed by atoms with E-state index >= 15 is 0 Å². The van der Waals surface area contributed by atoms with E-state index < -0.39 is 40.5 Å². The Morgan fingerprint density at radius 1 is 0.686 bits per heavy atom. The van der Waals surface area contributed by atoms with Gasteiger partial charge >= 0.3 is 0 Å². The van der Waals surface area contributed by atoms with Crippen molar-refractivity contribution in [2.24, 2.45) is 0 Å². The van der Waals surface area contributed by atoms with Gasteiger partial charge in [0.2, 0.25) is 0 Å². The summed E-state index contributed by atoms with van der Waals surface area (Å²) in [5.74, 6) is -1.13. The summed E-state index contributed by atoms with van der Waals surface area (Å²) < 4.78 is 89.4. The van der Waals surface area contributed by atoms with Crippen LogP contribution in [0.25, 0.3) is 10.8 Å². The van der Waals surface area contributed by atoms with Gasteiger partial charge in [-0.1, -0.05) is 24.0 Å². The van der Waals surface area contributed by atoms with Gasteiger partial charge in [-0.3, -0.25) is 0 Å². The smallest absolute Gasteiger partial charge is 0.195 e. The van der Waals surface area contributed by atoms with Crippen LogP contribution in [0.2, 0.25) is 0 Å². The molecule has 0 aliphatic carbocycles. The second-order valence-corrected chi connectivity index (χ2v) is 7.79. The molecule has 0 saturated carbocycles. The van der Waals surface area contributed by atoms with E-state index in [0.717, 1.165) is 18.2 Å². The average Bonchev–Trinajstić information content (AvgIpc) is 2.81. The Bertz CT molecular complexity index is 1460. The van der Waals surface area contributed by atoms with Crippen LogP contribution >= 0.6 is 0 Å². The van der Waals surface area contributed by atoms with Crippen LogP contribution in [0, 0.1) is 46.7 Å². The summed E-state index contributed by atoms with van der Waals surface area (Å²) in [5, 5.41) is -0.0776. The minimum Gasteiger partial charge on any atom is -0.494 e. The lowest BCUT2D eigenvalue weighted by molar-refractivity contribution is 0.338. The van der Waals surface area contributed by atoms with Crippen molar-refractivity contribution in [3.63, 3.8) is 0 Å². The summed E-state index contributed by atoms with van der Waals surface area (Å²) in [7, 11) is 0. The molecule has 0 unspecified atom stereocenters. The van der Waals surface area contributed by atoms with Crippen LogP contribution in [0.3, 0.4) is 0 Å². The molecule has 1 nitrogen and oxygen atoms in total. The molecule has 0 radical (unpaired) electrons. The Balaban J connectivity index is 1.54. The second-order valence-electron chi connectivity index (χ2n) is 7.79. The van der Waals surface area contributed by atoms with Crippen LogP contribution < -0.4 is 4.74 Å². The van der Waals surface area contributed by atoms with E-state index in [1.807, 2.05) is 0 Å². The van der Waals surface area contributed by atoms with Crippen molar-refractivity contribution in [3.05, 3.63) is 112 Å². The average molecular weight is 484 g/mol. The van der Waals surface area contributed by atoms with E-state index in [2.05, 4.69) is 11.8 Å². The monoisotopic (exact) mass is 484 g/mol. The SMILES string of the molecule is CCOc1ccc(CCc2cc(F)c(C#Cc3ccc4c(F)c(F)c(F)cc4c3)c(F)c2)c(F)c1. The van der Waals surface area contributed by atoms with E-state index in [9.17, 15) is 26.3 Å². The minimum atomic E-state index is -1.58. The Kier molecular flexibility index (Phi) is 7.02. The molecular weight excluding hydrogens is 466 g/mol. The number of rotatable bonds is 5. The topological polar surface area (TPSA) is 9.23 Å². The first-order valence-electron chi connectivity index (χ1n) is 10.7. The predicted molar refractivity (Wildman–Crippen MR) is 121 cm³/mol. The van der Waals surface area contributed by atoms with Crippen molar-refractivity contribution in [3.8, 4) is 17.6 Å². The van der Waals surface area contributed by atoms with Crippen molar-refractivity contribution in [1.82, 2.24) is 0 Å². The molecule has 0 N–H and O–H groups in total. The number of ether oxygens (including phenoxy) is 1. The lowest BCUT2D eigenvalue weighted by Gasteiger charge is -2.08. The van der Waals surface area contributed by atoms with Crippen LogP contribution in [-0.4, -0.2) is 6.61 Å². The molecule has 0 saturated heterocycles. The van der Waals surface area contributed by atoms with Crippen LogP contribution in [0.5, 0.6) is 5.75 Å². The molecule has 0 fully saturated rings. The second kappa shape index (κ2) is 10.1. The quantitative estimate of drug-likeness (QED) is 0.165. The first kappa shape index (κ1) is 24.2. The molecule has 4 rings (SSSR count). The van der Waals surface area contributed by atoms with Gasteiger partial charge in [0.05, 0.1) is 12.2 Å². The number of hydrogen-bond donors (Lipinski definition) is 0. The zero-order valence-corrected chi connectivity index (χ0v) is 18.5. The third kappa shape index (κ3) is 5.27. The van der Waals surface area contributed by atoms with Gasteiger partial charge in [-0.15, -0.1) is 0 Å². The van der Waals surface area contributed by atoms with E-state index in [4.69, 9.17) is 4.74 Å². The summed E-state index contributed by atoms with van der Waals surface area (Å²) in [6.45, 7) is 2.19. The summed E-state index contributed by atoms with van der Waals surface area (Å²) in [6, 6.07) is 11.4. The minimum absolute atomic E-state index is 0.0611. The maximum atomic E-state index is 14.6. The van der Waals surface area contributed by atoms with Gasteiger partial charge in [-0.2, -0.15) is 0 Å². The van der Waals surface area contributed by atoms with E-state index in [-0.39, 0.29) is 29.2 Å². The van der Waals surface area contributed by atoms with Crippen molar-refractivity contribution in [2.45, 2.75) is 19.8 Å². The van der Waals surface area contributed by atoms with Crippen LogP contribution in [0.15, 0.2) is 54.6 Å². The van der Waals surface area contributed by atoms with Gasteiger partial charge in [0, 0.05) is 17.0 Å². The van der Waals surface area contributed by atoms with Crippen molar-refractivity contribution < 1.29 is 31.1 Å². The number of hydrogen-bond acceptors (Lipinski definition) is 1. The third-order valence-electron chi connectivity index (χ3n) is 5.42. The fourth-order valence-corrected chi connectivity index (χ4v) is 3.67. The fourth-order valence-electron chi connectivity index (χ4n) is 3.67. The lowest BCUT2D eigenvalue weighted by atomic mass is 10.0. The highest BCUT2D eigenvalue weighted by atomic mass is 19.2. The van der Waals surface area contributed by atoms with Crippen LogP contribution in [0.4, 0.5) is 26.3 Å². The molecule has 0 atom stereocenters. The fraction of sp³-hybridized carbons (Fsp3) is 0.143. The van der Waals surface area contributed by atoms with Gasteiger partial charge < -0.3 is 4.74 Å². The molecular formula is C28H18F6O. The van der Waals surface area contributed by atoms with Crippen molar-refractivity contribution in [2.75, 3.05) is 6.61 Å². The number of fused-ring (bicyclic) bond motifs is 1. The molecule has 0 aromatic heterocycles. The molecule has 35 heavy (non-hydrogen) atoms. The van der Waals surface area contributed by atoms with E-state index in [1.165, 1.54) is 24.3 Å². The molecule has 7 heteroatoms. The third-order valence-corrected chi connectivity index (χ3v) is 5.42. The van der Waals surface area contributed by atoms with Gasteiger partial charge in [0.1, 0.15) is 23.2 Å². The maximum absolute atomic E-state index is 14.6. The number of aryl methyl sites for hydroxylation is 2. The highest BCUT2D eigenvalue weighted by Gasteiger charge is 2.14. The predicted octanol–water partition coefficient (Wildman–Crippen LogP) is 7.26. The molecule has 4 aromatic carbocycles. The summed E-state index contributed by atoms with van der Waals surface area (Å²) >= 11 is 0. The molecule has 0 bridgehead atoms. The number of benzene rings is 4. The summed E-state index contributed by atoms with van der Waals surface area (Å²) in [4.78, 5) is 0. The van der Waals surface area contributed by atoms with Crippen molar-refractivity contribution in [1.29, 1.82) is 0 Å². The standard InChI is InChI=1S/C28H18F6O/c1-2-35-20-8-7-18(23(29)15-20)6-3-17-12-24(30)22(25(31)13-17)10-5-16-4-9-21-19(11-16)14-26(32)28(34)27(21)33/h4,7-9,11-15H,2-3,6H2,1H3. The largest absolute Gasteiger partial charge is 0.494 e. The summed E-state index contributed by atoms with van der Waals surface area (Å²) in [5.41, 5.74) is 0.481. The highest BCUT2D eigenvalue weighted by Crippen LogP contribution is 2.24. The molecule has 0 heterocycles. The molecule has 178 valence electrons. The Morgan fingerprint density at radius 2 is 1.43 bits per heavy atom. The Labute approximate surface area is 198 Å². The molecule has 0 amide bonds. The first-order valence-corrected chi connectivity index (χ1v) is 10.7. The van der Waals surface area contributed by atoms with Gasteiger partial charge in [0.15, 0.2) is 17.5 Å². The molecule has 4 aromatic rings. The zero-order chi connectivity index (χ0) is 25.1. The first-order chi connectivity index (χ1) is 16.8. The van der Waals surface area contributed by atoms with E-state index in [1.54, 1.807) is 19.1 Å². The van der Waals surface area contributed by atoms with Gasteiger partial charge in [-0.25, -0.2) is 26.3 Å². The molecule has 0 aliphatic rings. The lowest BCUT2D eigenvalue weighted by Crippen LogP contribution is -2.00. The molecule has 0 spiro atoms. The van der Waals surface area contributed by atoms with Crippen molar-refractivity contribution >= 4 is 10.8 Å². The Morgan fingerprint density at radius 3 is 2.11 bits per heavy atom. The highest BCUT2D eigenvalue weighted by molar-refractivity contribution is 5.84. The zero-order valence-electron chi connectivity index (χ0n) is 18.5. The van der Waals surface area contributed by atoms with Crippen LogP contribution in [0.1, 0.15) is 29.2 Å². The van der Waals surface area contributed by atoms with Crippen LogP contribution in [-0.2, 0) is 12.8 Å². The normalized spacial score (nSPS) is 10.8. The maximum Gasteiger partial charge on any atom is 0.195 e. The number of halogens is 6.